The van der Waals surface area contributed by atoms with Crippen molar-refractivity contribution in [3.8, 4) is 11.5 Å². The molecule has 9 nitrogen and oxygen atoms in total. The molecule has 1 aromatic rings. The minimum absolute atomic E-state index is 0.182. The van der Waals surface area contributed by atoms with Crippen LogP contribution in [-0.4, -0.2) is 45.2 Å². The highest BCUT2D eigenvalue weighted by molar-refractivity contribution is 7.89. The number of nitrogens with zero attached hydrogens (tertiary/aromatic N) is 1. The van der Waals surface area contributed by atoms with Gasteiger partial charge in [-0.1, -0.05) is 0 Å². The number of hydrogen-bond acceptors (Lipinski definition) is 7. The van der Waals surface area contributed by atoms with Crippen molar-refractivity contribution >= 4 is 15.7 Å². The van der Waals surface area contributed by atoms with Gasteiger partial charge in [-0.2, -0.15) is 0 Å². The van der Waals surface area contributed by atoms with E-state index in [1.165, 1.54) is 6.07 Å². The van der Waals surface area contributed by atoms with Crippen LogP contribution in [0.5, 0.6) is 11.5 Å². The molecule has 0 aliphatic carbocycles. The maximum Gasteiger partial charge on any atom is 0.293 e. The Kier molecular flexibility index (Phi) is 4.61. The third-order valence-electron chi connectivity index (χ3n) is 4.06. The topological polar surface area (TPSA) is 120 Å². The minimum atomic E-state index is -4.05. The molecule has 2 aliphatic rings. The van der Waals surface area contributed by atoms with Crippen molar-refractivity contribution in [1.82, 2.24) is 10.0 Å². The number of nitrogens with one attached hydrogen (secondary N) is 2. The number of benzene rings is 1. The van der Waals surface area contributed by atoms with E-state index in [2.05, 4.69) is 10.0 Å². The van der Waals surface area contributed by atoms with Crippen LogP contribution in [0.2, 0.25) is 0 Å². The van der Waals surface area contributed by atoms with Crippen LogP contribution in [0.15, 0.2) is 17.0 Å². The molecule has 10 heteroatoms. The van der Waals surface area contributed by atoms with Crippen LogP contribution in [0.3, 0.4) is 0 Å². The van der Waals surface area contributed by atoms with Crippen LogP contribution < -0.4 is 19.5 Å². The lowest BCUT2D eigenvalue weighted by molar-refractivity contribution is -0.388. The standard InChI is InChI=1S/C14H19N3O6S/c1-9-6-10(2-3-15-9)16-24(20,21)14-8-13-12(22-4-5-23-13)7-11(14)17(18)19/h7-10,15-16H,2-6H2,1H3. The molecular weight excluding hydrogens is 338 g/mol. The van der Waals surface area contributed by atoms with Gasteiger partial charge in [-0.15, -0.1) is 0 Å². The van der Waals surface area contributed by atoms with Gasteiger partial charge >= 0.3 is 0 Å². The Morgan fingerprint density at radius 2 is 1.96 bits per heavy atom. The summed E-state index contributed by atoms with van der Waals surface area (Å²) < 4.78 is 38.6. The molecular formula is C14H19N3O6S. The summed E-state index contributed by atoms with van der Waals surface area (Å²) in [6, 6.07) is 2.19. The molecule has 0 spiro atoms. The number of fused-ring (bicyclic) bond motifs is 1. The van der Waals surface area contributed by atoms with E-state index in [1.807, 2.05) is 6.92 Å². The Morgan fingerprint density at radius 1 is 1.29 bits per heavy atom. The van der Waals surface area contributed by atoms with Crippen molar-refractivity contribution in [1.29, 1.82) is 0 Å². The van der Waals surface area contributed by atoms with Crippen LogP contribution in [0.4, 0.5) is 5.69 Å². The summed E-state index contributed by atoms with van der Waals surface area (Å²) in [5.74, 6) is 0.383. The Labute approximate surface area is 139 Å². The number of ether oxygens (including phenoxy) is 2. The fraction of sp³-hybridized carbons (Fsp3) is 0.571. The van der Waals surface area contributed by atoms with Gasteiger partial charge in [0.25, 0.3) is 5.69 Å². The summed E-state index contributed by atoms with van der Waals surface area (Å²) in [4.78, 5) is 10.2. The zero-order chi connectivity index (χ0) is 17.3. The Hall–Kier alpha value is -1.91. The number of sulfonamides is 1. The van der Waals surface area contributed by atoms with Gasteiger partial charge in [-0.3, -0.25) is 10.1 Å². The molecule has 2 aliphatic heterocycles. The normalized spacial score (nSPS) is 23.7. The average Bonchev–Trinajstić information content (AvgIpc) is 2.53. The van der Waals surface area contributed by atoms with E-state index in [-0.39, 0.29) is 36.8 Å². The molecule has 1 saturated heterocycles. The van der Waals surface area contributed by atoms with Crippen LogP contribution in [0.1, 0.15) is 19.8 Å². The molecule has 2 heterocycles. The predicted molar refractivity (Wildman–Crippen MR) is 84.9 cm³/mol. The largest absolute Gasteiger partial charge is 0.486 e. The van der Waals surface area contributed by atoms with Crippen molar-refractivity contribution < 1.29 is 22.8 Å². The molecule has 0 aromatic heterocycles. The van der Waals surface area contributed by atoms with Crippen LogP contribution >= 0.6 is 0 Å². The van der Waals surface area contributed by atoms with E-state index >= 15 is 0 Å². The summed E-state index contributed by atoms with van der Waals surface area (Å²) in [5, 5.41) is 14.5. The SMILES string of the molecule is CC1CC(NS(=O)(=O)c2cc3c(cc2[N+](=O)[O-])OCCO3)CCN1. The number of nitro benzene ring substituents is 1. The average molecular weight is 357 g/mol. The van der Waals surface area contributed by atoms with Crippen molar-refractivity contribution in [3.05, 3.63) is 22.2 Å². The van der Waals surface area contributed by atoms with Crippen molar-refractivity contribution in [2.24, 2.45) is 0 Å². The summed E-state index contributed by atoms with van der Waals surface area (Å²) in [6.45, 7) is 3.19. The van der Waals surface area contributed by atoms with Gasteiger partial charge in [0.05, 0.1) is 11.0 Å². The molecule has 3 rings (SSSR count). The quantitative estimate of drug-likeness (QED) is 0.603. The summed E-state index contributed by atoms with van der Waals surface area (Å²) in [5.41, 5.74) is -0.520. The Bertz CT molecular complexity index is 751. The molecule has 2 N–H and O–H groups in total. The molecule has 2 unspecified atom stereocenters. The molecule has 24 heavy (non-hydrogen) atoms. The lowest BCUT2D eigenvalue weighted by atomic mass is 10.0. The first-order valence-electron chi connectivity index (χ1n) is 7.70. The molecule has 132 valence electrons. The van der Waals surface area contributed by atoms with Gasteiger partial charge in [0.2, 0.25) is 10.0 Å². The fourth-order valence-corrected chi connectivity index (χ4v) is 4.39. The zero-order valence-electron chi connectivity index (χ0n) is 13.1. The monoisotopic (exact) mass is 357 g/mol. The first kappa shape index (κ1) is 16.9. The van der Waals surface area contributed by atoms with Crippen molar-refractivity contribution in [3.63, 3.8) is 0 Å². The van der Waals surface area contributed by atoms with Gasteiger partial charge in [0.15, 0.2) is 16.4 Å². The maximum absolute atomic E-state index is 12.7. The third kappa shape index (κ3) is 3.45. The van der Waals surface area contributed by atoms with Crippen LogP contribution in [-0.2, 0) is 10.0 Å². The third-order valence-corrected chi connectivity index (χ3v) is 5.61. The first-order valence-corrected chi connectivity index (χ1v) is 9.19. The highest BCUT2D eigenvalue weighted by atomic mass is 32.2. The first-order chi connectivity index (χ1) is 11.4. The van der Waals surface area contributed by atoms with Crippen molar-refractivity contribution in [2.45, 2.75) is 36.7 Å². The van der Waals surface area contributed by atoms with Gasteiger partial charge < -0.3 is 14.8 Å². The van der Waals surface area contributed by atoms with E-state index in [1.54, 1.807) is 0 Å². The zero-order valence-corrected chi connectivity index (χ0v) is 14.0. The lowest BCUT2D eigenvalue weighted by Gasteiger charge is -2.28. The minimum Gasteiger partial charge on any atom is -0.486 e. The van der Waals surface area contributed by atoms with E-state index in [4.69, 9.17) is 9.47 Å². The fourth-order valence-electron chi connectivity index (χ4n) is 2.94. The molecule has 2 atom stereocenters. The number of piperidine rings is 1. The number of hydrogen-bond donors (Lipinski definition) is 2. The summed E-state index contributed by atoms with van der Waals surface area (Å²) in [6.07, 6.45) is 1.25. The molecule has 0 radical (unpaired) electrons. The Balaban J connectivity index is 1.95. The van der Waals surface area contributed by atoms with Crippen LogP contribution in [0, 0.1) is 10.1 Å². The van der Waals surface area contributed by atoms with Crippen LogP contribution in [0.25, 0.3) is 0 Å². The van der Waals surface area contributed by atoms with Gasteiger partial charge in [0.1, 0.15) is 13.2 Å². The number of nitro groups is 1. The smallest absolute Gasteiger partial charge is 0.293 e. The van der Waals surface area contributed by atoms with Gasteiger partial charge in [0, 0.05) is 18.2 Å². The van der Waals surface area contributed by atoms with Gasteiger partial charge in [-0.05, 0) is 26.3 Å². The van der Waals surface area contributed by atoms with E-state index in [0.717, 1.165) is 6.07 Å². The van der Waals surface area contributed by atoms with E-state index < -0.39 is 25.5 Å². The second kappa shape index (κ2) is 6.54. The highest BCUT2D eigenvalue weighted by Crippen LogP contribution is 2.38. The van der Waals surface area contributed by atoms with E-state index in [0.29, 0.717) is 19.4 Å². The molecule has 1 aromatic carbocycles. The number of rotatable bonds is 4. The maximum atomic E-state index is 12.7. The molecule has 0 bridgehead atoms. The molecule has 1 fully saturated rings. The summed E-state index contributed by atoms with van der Waals surface area (Å²) >= 11 is 0. The summed E-state index contributed by atoms with van der Waals surface area (Å²) in [7, 11) is -4.05. The lowest BCUT2D eigenvalue weighted by Crippen LogP contribution is -2.46. The Morgan fingerprint density at radius 3 is 2.58 bits per heavy atom. The second-order valence-electron chi connectivity index (χ2n) is 5.92. The van der Waals surface area contributed by atoms with Gasteiger partial charge in [-0.25, -0.2) is 13.1 Å². The van der Waals surface area contributed by atoms with E-state index in [9.17, 15) is 18.5 Å². The highest BCUT2D eigenvalue weighted by Gasteiger charge is 2.32. The molecule has 0 saturated carbocycles. The predicted octanol–water partition coefficient (Wildman–Crippen LogP) is 0.785. The van der Waals surface area contributed by atoms with Crippen molar-refractivity contribution in [2.75, 3.05) is 19.8 Å². The second-order valence-corrected chi connectivity index (χ2v) is 7.60. The molecule has 0 amide bonds.